The Hall–Kier alpha value is -3.30. The fraction of sp³-hybridized carbons (Fsp3) is 0.368. The summed E-state index contributed by atoms with van der Waals surface area (Å²) in [7, 11) is 5.91. The normalized spacial score (nSPS) is 13.1. The maximum absolute atomic E-state index is 12.3. The van der Waals surface area contributed by atoms with Crippen LogP contribution in [0.1, 0.15) is 19.8 Å². The fourth-order valence-corrected chi connectivity index (χ4v) is 2.94. The quantitative estimate of drug-likeness (QED) is 0.416. The van der Waals surface area contributed by atoms with Crippen molar-refractivity contribution in [1.82, 2.24) is 20.2 Å². The number of nitrogens with zero attached hydrogens (tertiary/aromatic N) is 3. The second kappa shape index (κ2) is 9.76. The van der Waals surface area contributed by atoms with E-state index in [4.69, 9.17) is 7.85 Å². The van der Waals surface area contributed by atoms with Crippen molar-refractivity contribution < 1.29 is 9.59 Å². The zero-order valence-corrected chi connectivity index (χ0v) is 16.4. The molecule has 0 unspecified atom stereocenters. The smallest absolute Gasteiger partial charge is 0.321 e. The van der Waals surface area contributed by atoms with Crippen molar-refractivity contribution >= 4 is 48.4 Å². The van der Waals surface area contributed by atoms with E-state index in [9.17, 15) is 9.59 Å². The molecule has 2 radical (unpaired) electrons. The lowest BCUT2D eigenvalue weighted by Crippen LogP contribution is -2.32. The standard InChI is InChI=1S/C19H24BN7O2/c1-13(28)21-7-8-22-17-16(20)12-23-18(26-17)24-14-5-4-6-15(11-14)25-19(29)27-9-2-3-10-27/h4-6,11-12H,2-3,7-10H2,1H3,(H,21,28)(H,25,29)(H2,22,23,24,26). The van der Waals surface area contributed by atoms with E-state index in [1.54, 1.807) is 0 Å². The Bertz CT molecular complexity index is 871. The number of aromatic nitrogens is 2. The summed E-state index contributed by atoms with van der Waals surface area (Å²) in [6.45, 7) is 3.99. The topological polar surface area (TPSA) is 111 Å². The number of benzene rings is 1. The van der Waals surface area contributed by atoms with Crippen LogP contribution in [0.15, 0.2) is 30.5 Å². The van der Waals surface area contributed by atoms with Crippen molar-refractivity contribution in [3.8, 4) is 0 Å². The zero-order valence-electron chi connectivity index (χ0n) is 16.4. The maximum Gasteiger partial charge on any atom is 0.321 e. The van der Waals surface area contributed by atoms with Gasteiger partial charge in [-0.2, -0.15) is 4.98 Å². The molecule has 4 N–H and O–H groups in total. The molecule has 1 aromatic carbocycles. The minimum atomic E-state index is -0.0958. The third-order valence-electron chi connectivity index (χ3n) is 4.37. The van der Waals surface area contributed by atoms with E-state index >= 15 is 0 Å². The molecule has 1 fully saturated rings. The first kappa shape index (κ1) is 20.4. The van der Waals surface area contributed by atoms with Crippen LogP contribution in [0.3, 0.4) is 0 Å². The van der Waals surface area contributed by atoms with Gasteiger partial charge in [0.05, 0.1) is 0 Å². The molecule has 1 aliphatic rings. The highest BCUT2D eigenvalue weighted by Crippen LogP contribution is 2.19. The van der Waals surface area contributed by atoms with Gasteiger partial charge in [0.25, 0.3) is 0 Å². The Labute approximate surface area is 171 Å². The van der Waals surface area contributed by atoms with Crippen molar-refractivity contribution in [3.05, 3.63) is 30.5 Å². The largest absolute Gasteiger partial charge is 0.369 e. The van der Waals surface area contributed by atoms with Gasteiger partial charge in [-0.05, 0) is 36.5 Å². The van der Waals surface area contributed by atoms with Crippen molar-refractivity contribution in [2.75, 3.05) is 42.1 Å². The number of amides is 3. The molecule has 2 aromatic rings. The molecule has 0 spiro atoms. The summed E-state index contributed by atoms with van der Waals surface area (Å²) in [4.78, 5) is 33.5. The van der Waals surface area contributed by atoms with Gasteiger partial charge in [-0.3, -0.25) is 4.79 Å². The second-order valence-electron chi connectivity index (χ2n) is 6.74. The summed E-state index contributed by atoms with van der Waals surface area (Å²) < 4.78 is 0. The van der Waals surface area contributed by atoms with Crippen molar-refractivity contribution in [3.63, 3.8) is 0 Å². The van der Waals surface area contributed by atoms with Crippen LogP contribution in [-0.2, 0) is 4.79 Å². The zero-order chi connectivity index (χ0) is 20.6. The van der Waals surface area contributed by atoms with Crippen LogP contribution in [0.25, 0.3) is 0 Å². The summed E-state index contributed by atoms with van der Waals surface area (Å²) >= 11 is 0. The predicted octanol–water partition coefficient (Wildman–Crippen LogP) is 1.19. The highest BCUT2D eigenvalue weighted by atomic mass is 16.2. The highest BCUT2D eigenvalue weighted by molar-refractivity contribution is 6.35. The lowest BCUT2D eigenvalue weighted by Gasteiger charge is -2.16. The van der Waals surface area contributed by atoms with Crippen LogP contribution in [0, 0.1) is 0 Å². The monoisotopic (exact) mass is 393 g/mol. The van der Waals surface area contributed by atoms with E-state index in [1.807, 2.05) is 29.2 Å². The molecule has 10 heteroatoms. The van der Waals surface area contributed by atoms with Crippen LogP contribution in [0.4, 0.5) is 27.9 Å². The average Bonchev–Trinajstić information content (AvgIpc) is 3.23. The molecule has 150 valence electrons. The second-order valence-corrected chi connectivity index (χ2v) is 6.74. The van der Waals surface area contributed by atoms with Gasteiger partial charge in [0.15, 0.2) is 0 Å². The van der Waals surface area contributed by atoms with Crippen LogP contribution in [0.2, 0.25) is 0 Å². The average molecular weight is 393 g/mol. The van der Waals surface area contributed by atoms with E-state index in [0.29, 0.717) is 36.0 Å². The number of anilines is 4. The molecule has 3 amide bonds. The number of hydrogen-bond acceptors (Lipinski definition) is 6. The van der Waals surface area contributed by atoms with Crippen LogP contribution < -0.4 is 26.7 Å². The minimum Gasteiger partial charge on any atom is -0.369 e. The summed E-state index contributed by atoms with van der Waals surface area (Å²) in [6.07, 6.45) is 3.60. The van der Waals surface area contributed by atoms with Gasteiger partial charge >= 0.3 is 6.03 Å². The van der Waals surface area contributed by atoms with Gasteiger partial charge < -0.3 is 26.2 Å². The first-order valence-electron chi connectivity index (χ1n) is 9.55. The summed E-state index contributed by atoms with van der Waals surface area (Å²) in [5, 5.41) is 11.8. The van der Waals surface area contributed by atoms with E-state index in [1.165, 1.54) is 13.1 Å². The molecule has 29 heavy (non-hydrogen) atoms. The van der Waals surface area contributed by atoms with Crippen LogP contribution >= 0.6 is 0 Å². The van der Waals surface area contributed by atoms with Gasteiger partial charge in [0, 0.05) is 50.7 Å². The molecule has 0 saturated carbocycles. The van der Waals surface area contributed by atoms with E-state index in [0.717, 1.165) is 31.6 Å². The number of carbonyl (C=O) groups is 2. The Balaban J connectivity index is 1.61. The molecule has 0 aliphatic carbocycles. The Kier molecular flexibility index (Phi) is 6.88. The van der Waals surface area contributed by atoms with Crippen molar-refractivity contribution in [2.45, 2.75) is 19.8 Å². The van der Waals surface area contributed by atoms with Gasteiger partial charge in [0.1, 0.15) is 13.7 Å². The predicted molar refractivity (Wildman–Crippen MR) is 114 cm³/mol. The minimum absolute atomic E-state index is 0.0889. The molecule has 9 nitrogen and oxygen atoms in total. The summed E-state index contributed by atoms with van der Waals surface area (Å²) in [5.41, 5.74) is 1.83. The lowest BCUT2D eigenvalue weighted by molar-refractivity contribution is -0.118. The maximum atomic E-state index is 12.3. The first-order chi connectivity index (χ1) is 14.0. The molecule has 0 bridgehead atoms. The van der Waals surface area contributed by atoms with E-state index < -0.39 is 0 Å². The Morgan fingerprint density at radius 3 is 2.69 bits per heavy atom. The lowest BCUT2D eigenvalue weighted by atomic mass is 9.99. The third-order valence-corrected chi connectivity index (χ3v) is 4.37. The number of urea groups is 1. The molecule has 1 saturated heterocycles. The number of carbonyl (C=O) groups excluding carboxylic acids is 2. The van der Waals surface area contributed by atoms with E-state index in [2.05, 4.69) is 31.2 Å². The van der Waals surface area contributed by atoms with Gasteiger partial charge in [-0.25, -0.2) is 9.78 Å². The Morgan fingerprint density at radius 1 is 1.17 bits per heavy atom. The fourth-order valence-electron chi connectivity index (χ4n) is 2.94. The SMILES string of the molecule is [B]c1cnc(Nc2cccc(NC(=O)N3CCCC3)c2)nc1NCCNC(C)=O. The number of rotatable bonds is 7. The molecular weight excluding hydrogens is 369 g/mol. The number of nitrogens with one attached hydrogen (secondary N) is 4. The van der Waals surface area contributed by atoms with Crippen molar-refractivity contribution in [1.29, 1.82) is 0 Å². The third kappa shape index (κ3) is 6.10. The molecule has 1 aromatic heterocycles. The summed E-state index contributed by atoms with van der Waals surface area (Å²) in [5.74, 6) is 0.747. The molecular formula is C19H24BN7O2. The molecule has 2 heterocycles. The Morgan fingerprint density at radius 2 is 1.93 bits per heavy atom. The summed E-state index contributed by atoms with van der Waals surface area (Å²) in [6, 6.07) is 7.25. The van der Waals surface area contributed by atoms with Gasteiger partial charge in [0.2, 0.25) is 11.9 Å². The highest BCUT2D eigenvalue weighted by Gasteiger charge is 2.17. The van der Waals surface area contributed by atoms with Gasteiger partial charge in [-0.15, -0.1) is 0 Å². The number of likely N-dealkylation sites (tertiary alicyclic amines) is 1. The van der Waals surface area contributed by atoms with Crippen molar-refractivity contribution in [2.24, 2.45) is 0 Å². The molecule has 3 rings (SSSR count). The number of hydrogen-bond donors (Lipinski definition) is 4. The molecule has 1 aliphatic heterocycles. The molecule has 0 atom stereocenters. The van der Waals surface area contributed by atoms with Gasteiger partial charge in [-0.1, -0.05) is 6.07 Å². The van der Waals surface area contributed by atoms with Crippen LogP contribution in [0.5, 0.6) is 0 Å². The van der Waals surface area contributed by atoms with Crippen LogP contribution in [-0.4, -0.2) is 60.8 Å². The van der Waals surface area contributed by atoms with E-state index in [-0.39, 0.29) is 11.9 Å². The first-order valence-corrected chi connectivity index (χ1v) is 9.55.